The summed E-state index contributed by atoms with van der Waals surface area (Å²) >= 11 is 0. The van der Waals surface area contributed by atoms with Crippen LogP contribution in [0, 0.1) is 17.8 Å². The van der Waals surface area contributed by atoms with Crippen molar-refractivity contribution in [3.63, 3.8) is 0 Å². The van der Waals surface area contributed by atoms with Crippen molar-refractivity contribution in [2.45, 2.75) is 46.0 Å². The Hall–Kier alpha value is -1.32. The molecule has 0 aliphatic heterocycles. The lowest BCUT2D eigenvalue weighted by molar-refractivity contribution is -0.138. The third-order valence-corrected chi connectivity index (χ3v) is 3.47. The number of allylic oxidation sites excluding steroid dienone is 2. The molecule has 1 aliphatic carbocycles. The highest BCUT2D eigenvalue weighted by Crippen LogP contribution is 2.19. The molecule has 2 unspecified atom stereocenters. The van der Waals surface area contributed by atoms with Gasteiger partial charge in [0.1, 0.15) is 0 Å². The first-order chi connectivity index (χ1) is 8.99. The highest BCUT2D eigenvalue weighted by atomic mass is 16.4. The highest BCUT2D eigenvalue weighted by Gasteiger charge is 2.21. The van der Waals surface area contributed by atoms with Crippen LogP contribution < -0.4 is 5.32 Å². The van der Waals surface area contributed by atoms with E-state index in [1.165, 1.54) is 0 Å². The zero-order valence-electron chi connectivity index (χ0n) is 11.9. The van der Waals surface area contributed by atoms with Gasteiger partial charge in [0.15, 0.2) is 0 Å². The third-order valence-electron chi connectivity index (χ3n) is 3.47. The Kier molecular flexibility index (Phi) is 6.60. The molecule has 0 saturated heterocycles. The molecule has 2 N–H and O–H groups in total. The van der Waals surface area contributed by atoms with E-state index < -0.39 is 5.97 Å². The average molecular weight is 267 g/mol. The van der Waals surface area contributed by atoms with Crippen LogP contribution in [0.5, 0.6) is 0 Å². The van der Waals surface area contributed by atoms with Gasteiger partial charge in [-0.15, -0.1) is 0 Å². The number of carboxylic acid groups (broad SMARTS) is 1. The summed E-state index contributed by atoms with van der Waals surface area (Å²) in [7, 11) is 0. The number of aliphatic carboxylic acids is 1. The van der Waals surface area contributed by atoms with Crippen molar-refractivity contribution in [1.29, 1.82) is 0 Å². The van der Waals surface area contributed by atoms with Crippen molar-refractivity contribution >= 4 is 11.9 Å². The van der Waals surface area contributed by atoms with Gasteiger partial charge in [-0.05, 0) is 37.5 Å². The van der Waals surface area contributed by atoms with Gasteiger partial charge in [-0.3, -0.25) is 9.59 Å². The number of hydrogen-bond donors (Lipinski definition) is 2. The van der Waals surface area contributed by atoms with Crippen LogP contribution in [0.25, 0.3) is 0 Å². The van der Waals surface area contributed by atoms with Crippen molar-refractivity contribution in [2.24, 2.45) is 17.8 Å². The minimum Gasteiger partial charge on any atom is -0.481 e. The Morgan fingerprint density at radius 1 is 1.37 bits per heavy atom. The Morgan fingerprint density at radius 3 is 2.63 bits per heavy atom. The summed E-state index contributed by atoms with van der Waals surface area (Å²) in [6, 6.07) is 0. The number of carbonyl (C=O) groups is 2. The molecular formula is C15H25NO3. The Bertz CT molecular complexity index is 336. The second kappa shape index (κ2) is 7.97. The maximum absolute atomic E-state index is 12.0. The van der Waals surface area contributed by atoms with E-state index in [1.54, 1.807) is 0 Å². The van der Waals surface area contributed by atoms with Gasteiger partial charge in [-0.1, -0.05) is 26.0 Å². The number of rotatable bonds is 7. The first-order valence-electron chi connectivity index (χ1n) is 7.13. The van der Waals surface area contributed by atoms with Crippen LogP contribution in [-0.4, -0.2) is 23.5 Å². The summed E-state index contributed by atoms with van der Waals surface area (Å²) in [5, 5.41) is 11.8. The predicted octanol–water partition coefficient (Wildman–Crippen LogP) is 2.60. The van der Waals surface area contributed by atoms with Gasteiger partial charge in [0.2, 0.25) is 5.91 Å². The second-order valence-electron chi connectivity index (χ2n) is 5.82. The molecule has 108 valence electrons. The van der Waals surface area contributed by atoms with Crippen LogP contribution in [0.3, 0.4) is 0 Å². The van der Waals surface area contributed by atoms with Crippen LogP contribution in [0.4, 0.5) is 0 Å². The number of carboxylic acids is 1. The third kappa shape index (κ3) is 6.41. The van der Waals surface area contributed by atoms with Gasteiger partial charge in [-0.2, -0.15) is 0 Å². The highest BCUT2D eigenvalue weighted by molar-refractivity contribution is 5.79. The zero-order valence-corrected chi connectivity index (χ0v) is 11.9. The standard InChI is InChI=1S/C15H25NO3/c1-11(2)8-12(9-14(17)18)10-16-15(19)13-6-4-3-5-7-13/h3-4,11-13H,5-10H2,1-2H3,(H,16,19)(H,17,18). The molecule has 0 aromatic heterocycles. The van der Waals surface area contributed by atoms with Crippen molar-refractivity contribution in [2.75, 3.05) is 6.54 Å². The van der Waals surface area contributed by atoms with Gasteiger partial charge in [-0.25, -0.2) is 0 Å². The van der Waals surface area contributed by atoms with E-state index in [-0.39, 0.29) is 24.2 Å². The first kappa shape index (κ1) is 15.7. The van der Waals surface area contributed by atoms with E-state index in [4.69, 9.17) is 5.11 Å². The molecule has 0 aromatic carbocycles. The van der Waals surface area contributed by atoms with E-state index in [9.17, 15) is 9.59 Å². The van der Waals surface area contributed by atoms with Crippen LogP contribution in [0.2, 0.25) is 0 Å². The fourth-order valence-corrected chi connectivity index (χ4v) is 2.57. The van der Waals surface area contributed by atoms with E-state index in [2.05, 4.69) is 31.3 Å². The fourth-order valence-electron chi connectivity index (χ4n) is 2.57. The van der Waals surface area contributed by atoms with Crippen LogP contribution >= 0.6 is 0 Å². The fraction of sp³-hybridized carbons (Fsp3) is 0.733. The van der Waals surface area contributed by atoms with Gasteiger partial charge < -0.3 is 10.4 Å². The molecule has 0 radical (unpaired) electrons. The second-order valence-corrected chi connectivity index (χ2v) is 5.82. The number of hydrogen-bond acceptors (Lipinski definition) is 2. The van der Waals surface area contributed by atoms with Gasteiger partial charge in [0.05, 0.1) is 0 Å². The van der Waals surface area contributed by atoms with Crippen LogP contribution in [0.15, 0.2) is 12.2 Å². The topological polar surface area (TPSA) is 66.4 Å². The molecule has 0 fully saturated rings. The Labute approximate surface area is 115 Å². The largest absolute Gasteiger partial charge is 0.481 e. The summed E-state index contributed by atoms with van der Waals surface area (Å²) in [6.07, 6.45) is 7.78. The summed E-state index contributed by atoms with van der Waals surface area (Å²) < 4.78 is 0. The lowest BCUT2D eigenvalue weighted by Crippen LogP contribution is -2.35. The van der Waals surface area contributed by atoms with Crippen LogP contribution in [-0.2, 0) is 9.59 Å². The van der Waals surface area contributed by atoms with E-state index >= 15 is 0 Å². The molecule has 0 heterocycles. The molecule has 1 amide bonds. The van der Waals surface area contributed by atoms with Crippen molar-refractivity contribution in [3.8, 4) is 0 Å². The first-order valence-corrected chi connectivity index (χ1v) is 7.13. The average Bonchev–Trinajstić information content (AvgIpc) is 2.35. The molecule has 19 heavy (non-hydrogen) atoms. The van der Waals surface area contributed by atoms with Gasteiger partial charge in [0.25, 0.3) is 0 Å². The maximum Gasteiger partial charge on any atom is 0.303 e. The molecule has 0 aromatic rings. The Morgan fingerprint density at radius 2 is 2.11 bits per heavy atom. The van der Waals surface area contributed by atoms with Gasteiger partial charge >= 0.3 is 5.97 Å². The molecule has 0 bridgehead atoms. The van der Waals surface area contributed by atoms with Crippen molar-refractivity contribution in [1.82, 2.24) is 5.32 Å². The molecule has 0 saturated carbocycles. The molecule has 1 rings (SSSR count). The molecule has 2 atom stereocenters. The van der Waals surface area contributed by atoms with Crippen LogP contribution in [0.1, 0.15) is 46.0 Å². The van der Waals surface area contributed by atoms with Crippen molar-refractivity contribution < 1.29 is 14.7 Å². The minimum absolute atomic E-state index is 0.0283. The molecule has 0 spiro atoms. The van der Waals surface area contributed by atoms with Gasteiger partial charge in [0, 0.05) is 18.9 Å². The van der Waals surface area contributed by atoms with E-state index in [1.807, 2.05) is 0 Å². The molecule has 4 nitrogen and oxygen atoms in total. The van der Waals surface area contributed by atoms with E-state index in [0.29, 0.717) is 12.5 Å². The van der Waals surface area contributed by atoms with Crippen molar-refractivity contribution in [3.05, 3.63) is 12.2 Å². The lowest BCUT2D eigenvalue weighted by atomic mass is 9.92. The van der Waals surface area contributed by atoms with E-state index in [0.717, 1.165) is 25.7 Å². The minimum atomic E-state index is -0.791. The predicted molar refractivity (Wildman–Crippen MR) is 74.7 cm³/mol. The number of carbonyl (C=O) groups excluding carboxylic acids is 1. The zero-order chi connectivity index (χ0) is 14.3. The molecule has 4 heteroatoms. The summed E-state index contributed by atoms with van der Waals surface area (Å²) in [4.78, 5) is 22.8. The smallest absolute Gasteiger partial charge is 0.303 e. The number of amides is 1. The normalized spacial score (nSPS) is 20.3. The SMILES string of the molecule is CC(C)CC(CNC(=O)C1CC=CCC1)CC(=O)O. The Balaban J connectivity index is 2.39. The molecular weight excluding hydrogens is 242 g/mol. The summed E-state index contributed by atoms with van der Waals surface area (Å²) in [5.74, 6) is -0.182. The maximum atomic E-state index is 12.0. The quantitative estimate of drug-likeness (QED) is 0.697. The summed E-state index contributed by atoms with van der Waals surface area (Å²) in [6.45, 7) is 4.62. The molecule has 1 aliphatic rings. The number of nitrogens with one attached hydrogen (secondary N) is 1. The summed E-state index contributed by atoms with van der Waals surface area (Å²) in [5.41, 5.74) is 0. The lowest BCUT2D eigenvalue weighted by Gasteiger charge is -2.21. The monoisotopic (exact) mass is 267 g/mol.